The van der Waals surface area contributed by atoms with Gasteiger partial charge in [-0.1, -0.05) is 0 Å². The SMILES string of the molecule is NC(=O)O[C@H]1COC2(CCNCC2)C1. The molecule has 5 nitrogen and oxygen atoms in total. The third kappa shape index (κ3) is 1.99. The molecule has 2 saturated heterocycles. The summed E-state index contributed by atoms with van der Waals surface area (Å²) >= 11 is 0. The topological polar surface area (TPSA) is 73.6 Å². The second-order valence-corrected chi connectivity index (χ2v) is 4.01. The number of ether oxygens (including phenoxy) is 2. The average molecular weight is 200 g/mol. The Morgan fingerprint density at radius 1 is 1.50 bits per heavy atom. The van der Waals surface area contributed by atoms with Gasteiger partial charge >= 0.3 is 6.09 Å². The van der Waals surface area contributed by atoms with Crippen molar-refractivity contribution in [2.45, 2.75) is 31.0 Å². The third-order valence-electron chi connectivity index (χ3n) is 2.97. The van der Waals surface area contributed by atoms with Crippen molar-refractivity contribution in [3.8, 4) is 0 Å². The van der Waals surface area contributed by atoms with Crippen molar-refractivity contribution in [2.24, 2.45) is 5.73 Å². The minimum absolute atomic E-state index is 0.0641. The molecule has 80 valence electrons. The van der Waals surface area contributed by atoms with E-state index in [0.717, 1.165) is 32.4 Å². The van der Waals surface area contributed by atoms with Gasteiger partial charge in [-0.15, -0.1) is 0 Å². The van der Waals surface area contributed by atoms with Crippen molar-refractivity contribution in [3.05, 3.63) is 0 Å². The molecule has 0 aromatic carbocycles. The van der Waals surface area contributed by atoms with Crippen molar-refractivity contribution in [2.75, 3.05) is 19.7 Å². The fraction of sp³-hybridized carbons (Fsp3) is 0.889. The molecule has 2 fully saturated rings. The van der Waals surface area contributed by atoms with Crippen LogP contribution in [0.4, 0.5) is 4.79 Å². The zero-order valence-corrected chi connectivity index (χ0v) is 8.12. The van der Waals surface area contributed by atoms with Crippen molar-refractivity contribution in [1.29, 1.82) is 0 Å². The van der Waals surface area contributed by atoms with E-state index in [0.29, 0.717) is 6.61 Å². The van der Waals surface area contributed by atoms with Crippen LogP contribution in [0.2, 0.25) is 0 Å². The number of primary amides is 1. The van der Waals surface area contributed by atoms with Crippen LogP contribution in [0.1, 0.15) is 19.3 Å². The molecule has 2 aliphatic rings. The molecule has 2 heterocycles. The second-order valence-electron chi connectivity index (χ2n) is 4.01. The van der Waals surface area contributed by atoms with Crippen LogP contribution in [-0.4, -0.2) is 37.5 Å². The number of nitrogens with two attached hydrogens (primary N) is 1. The Kier molecular flexibility index (Phi) is 2.60. The molecule has 2 aliphatic heterocycles. The number of carbonyl (C=O) groups is 1. The first-order valence-electron chi connectivity index (χ1n) is 5.01. The third-order valence-corrected chi connectivity index (χ3v) is 2.97. The summed E-state index contributed by atoms with van der Waals surface area (Å²) in [7, 11) is 0. The standard InChI is InChI=1S/C9H16N2O3/c10-8(12)14-7-5-9(13-6-7)1-3-11-4-2-9/h7,11H,1-6H2,(H2,10,12)/t7-/m1/s1. The predicted molar refractivity (Wildman–Crippen MR) is 49.9 cm³/mol. The van der Waals surface area contributed by atoms with Gasteiger partial charge in [0, 0.05) is 6.42 Å². The number of amides is 1. The van der Waals surface area contributed by atoms with Gasteiger partial charge in [0.2, 0.25) is 0 Å². The van der Waals surface area contributed by atoms with Crippen LogP contribution in [-0.2, 0) is 9.47 Å². The molecule has 1 spiro atoms. The highest BCUT2D eigenvalue weighted by molar-refractivity contribution is 5.64. The predicted octanol–water partition coefficient (Wildman–Crippen LogP) is -0.00720. The first-order valence-corrected chi connectivity index (χ1v) is 5.01. The van der Waals surface area contributed by atoms with E-state index < -0.39 is 6.09 Å². The van der Waals surface area contributed by atoms with Crippen LogP contribution in [0.5, 0.6) is 0 Å². The molecule has 5 heteroatoms. The number of rotatable bonds is 1. The number of nitrogens with one attached hydrogen (secondary N) is 1. The molecule has 0 aromatic heterocycles. The average Bonchev–Trinajstić information content (AvgIpc) is 2.49. The summed E-state index contributed by atoms with van der Waals surface area (Å²) in [6.07, 6.45) is 1.92. The van der Waals surface area contributed by atoms with E-state index in [2.05, 4.69) is 5.32 Å². The van der Waals surface area contributed by atoms with Gasteiger partial charge in [-0.2, -0.15) is 0 Å². The summed E-state index contributed by atoms with van der Waals surface area (Å²) in [5.74, 6) is 0. The molecule has 0 aliphatic carbocycles. The maximum Gasteiger partial charge on any atom is 0.404 e. The molecule has 1 amide bonds. The minimum Gasteiger partial charge on any atom is -0.444 e. The first-order chi connectivity index (χ1) is 6.70. The Labute approximate surface area is 82.9 Å². The number of carbonyl (C=O) groups excluding carboxylic acids is 1. The van der Waals surface area contributed by atoms with E-state index in [9.17, 15) is 4.79 Å². The smallest absolute Gasteiger partial charge is 0.404 e. The Hall–Kier alpha value is -0.810. The van der Waals surface area contributed by atoms with Gasteiger partial charge in [-0.05, 0) is 25.9 Å². The molecule has 0 aromatic rings. The summed E-state index contributed by atoms with van der Waals surface area (Å²) in [4.78, 5) is 10.6. The molecular formula is C9H16N2O3. The van der Waals surface area contributed by atoms with Gasteiger partial charge in [0.1, 0.15) is 6.10 Å². The van der Waals surface area contributed by atoms with Gasteiger partial charge in [0.05, 0.1) is 12.2 Å². The van der Waals surface area contributed by atoms with Crippen molar-refractivity contribution >= 4 is 6.09 Å². The van der Waals surface area contributed by atoms with Crippen LogP contribution in [0.3, 0.4) is 0 Å². The second kappa shape index (κ2) is 3.74. The first kappa shape index (κ1) is 9.73. The zero-order valence-electron chi connectivity index (χ0n) is 8.12. The van der Waals surface area contributed by atoms with Crippen LogP contribution in [0.25, 0.3) is 0 Å². The van der Waals surface area contributed by atoms with Gasteiger partial charge in [-0.3, -0.25) is 0 Å². The van der Waals surface area contributed by atoms with E-state index in [-0.39, 0.29) is 11.7 Å². The number of hydrogen-bond acceptors (Lipinski definition) is 4. The number of hydrogen-bond donors (Lipinski definition) is 2. The van der Waals surface area contributed by atoms with Crippen molar-refractivity contribution in [3.63, 3.8) is 0 Å². The molecule has 0 saturated carbocycles. The highest BCUT2D eigenvalue weighted by Crippen LogP contribution is 2.34. The summed E-state index contributed by atoms with van der Waals surface area (Å²) < 4.78 is 10.7. The lowest BCUT2D eigenvalue weighted by Gasteiger charge is -2.32. The monoisotopic (exact) mass is 200 g/mol. The molecule has 0 radical (unpaired) electrons. The maximum absolute atomic E-state index is 10.6. The van der Waals surface area contributed by atoms with Crippen LogP contribution in [0.15, 0.2) is 0 Å². The lowest BCUT2D eigenvalue weighted by Crippen LogP contribution is -2.41. The summed E-state index contributed by atoms with van der Waals surface area (Å²) in [6, 6.07) is 0. The van der Waals surface area contributed by atoms with E-state index in [1.165, 1.54) is 0 Å². The van der Waals surface area contributed by atoms with E-state index >= 15 is 0 Å². The van der Waals surface area contributed by atoms with Gasteiger partial charge in [0.15, 0.2) is 0 Å². The molecule has 14 heavy (non-hydrogen) atoms. The minimum atomic E-state index is -0.704. The largest absolute Gasteiger partial charge is 0.444 e. The fourth-order valence-electron chi connectivity index (χ4n) is 2.27. The van der Waals surface area contributed by atoms with E-state index in [1.807, 2.05) is 0 Å². The zero-order chi connectivity index (χ0) is 10.0. The highest BCUT2D eigenvalue weighted by Gasteiger charge is 2.42. The lowest BCUT2D eigenvalue weighted by atomic mass is 9.89. The molecular weight excluding hydrogens is 184 g/mol. The Morgan fingerprint density at radius 2 is 2.21 bits per heavy atom. The normalized spacial score (nSPS) is 30.4. The Balaban J connectivity index is 1.89. The fourth-order valence-corrected chi connectivity index (χ4v) is 2.27. The summed E-state index contributed by atoms with van der Waals surface area (Å²) in [6.45, 7) is 2.44. The molecule has 3 N–H and O–H groups in total. The number of piperidine rings is 1. The van der Waals surface area contributed by atoms with Crippen molar-refractivity contribution < 1.29 is 14.3 Å². The van der Waals surface area contributed by atoms with E-state index in [1.54, 1.807) is 0 Å². The summed E-state index contributed by atoms with van der Waals surface area (Å²) in [5, 5.41) is 3.28. The quantitative estimate of drug-likeness (QED) is 0.624. The van der Waals surface area contributed by atoms with Gasteiger partial charge in [0.25, 0.3) is 0 Å². The van der Waals surface area contributed by atoms with Crippen LogP contribution in [0, 0.1) is 0 Å². The van der Waals surface area contributed by atoms with Crippen molar-refractivity contribution in [1.82, 2.24) is 5.32 Å². The molecule has 0 unspecified atom stereocenters. The van der Waals surface area contributed by atoms with Crippen LogP contribution >= 0.6 is 0 Å². The van der Waals surface area contributed by atoms with Crippen LogP contribution < -0.4 is 11.1 Å². The Morgan fingerprint density at radius 3 is 2.86 bits per heavy atom. The molecule has 1 atom stereocenters. The molecule has 2 rings (SSSR count). The van der Waals surface area contributed by atoms with Gasteiger partial charge < -0.3 is 20.5 Å². The lowest BCUT2D eigenvalue weighted by molar-refractivity contribution is -0.0211. The van der Waals surface area contributed by atoms with Gasteiger partial charge in [-0.25, -0.2) is 4.79 Å². The molecule has 0 bridgehead atoms. The highest BCUT2D eigenvalue weighted by atomic mass is 16.6. The summed E-state index contributed by atoms with van der Waals surface area (Å²) in [5.41, 5.74) is 4.90. The van der Waals surface area contributed by atoms with E-state index in [4.69, 9.17) is 15.2 Å². The maximum atomic E-state index is 10.6. The Bertz CT molecular complexity index is 226.